The first kappa shape index (κ1) is 10.5. The number of benzene rings is 1. The Morgan fingerprint density at radius 1 is 1.36 bits per heavy atom. The van der Waals surface area contributed by atoms with Gasteiger partial charge in [-0.3, -0.25) is 9.59 Å². The molecule has 0 unspecified atom stereocenters. The van der Waals surface area contributed by atoms with E-state index in [2.05, 4.69) is 5.32 Å². The molecule has 0 saturated heterocycles. The molecule has 1 aromatic carbocycles. The van der Waals surface area contributed by atoms with E-state index in [1.54, 1.807) is 24.3 Å². The van der Waals surface area contributed by atoms with Gasteiger partial charge >= 0.3 is 0 Å². The Kier molecular flexibility index (Phi) is 3.48. The molecule has 1 rings (SSSR count). The third kappa shape index (κ3) is 3.06. The molecule has 0 bridgehead atoms. The molecule has 0 radical (unpaired) electrons. The molecule has 2 amide bonds. The quantitative estimate of drug-likeness (QED) is 0.738. The average molecular weight is 213 g/mol. The average Bonchev–Trinajstić information content (AvgIpc) is 2.07. The lowest BCUT2D eigenvalue weighted by atomic mass is 10.3. The summed E-state index contributed by atoms with van der Waals surface area (Å²) in [5, 5.41) is 2.89. The third-order valence-electron chi connectivity index (χ3n) is 1.48. The smallest absolute Gasteiger partial charge is 0.233 e. The van der Waals surface area contributed by atoms with E-state index in [4.69, 9.17) is 17.3 Å². The maximum atomic E-state index is 11.1. The van der Waals surface area contributed by atoms with Gasteiger partial charge in [0.2, 0.25) is 11.8 Å². The Bertz CT molecular complexity index is 366. The van der Waals surface area contributed by atoms with E-state index in [-0.39, 0.29) is 6.42 Å². The molecule has 3 N–H and O–H groups in total. The molecule has 0 atom stereocenters. The van der Waals surface area contributed by atoms with Gasteiger partial charge in [-0.1, -0.05) is 23.7 Å². The highest BCUT2D eigenvalue weighted by Crippen LogP contribution is 2.20. The second-order valence-electron chi connectivity index (χ2n) is 2.67. The van der Waals surface area contributed by atoms with Crippen molar-refractivity contribution in [1.29, 1.82) is 0 Å². The Balaban J connectivity index is 2.65. The first-order chi connectivity index (χ1) is 6.59. The maximum absolute atomic E-state index is 11.1. The number of rotatable bonds is 3. The van der Waals surface area contributed by atoms with Gasteiger partial charge in [-0.2, -0.15) is 0 Å². The minimum Gasteiger partial charge on any atom is -0.369 e. The minimum absolute atomic E-state index is 0.342. The summed E-state index contributed by atoms with van der Waals surface area (Å²) in [7, 11) is 0. The van der Waals surface area contributed by atoms with E-state index in [1.807, 2.05) is 0 Å². The largest absolute Gasteiger partial charge is 0.369 e. The Labute approximate surface area is 86.0 Å². The summed E-state index contributed by atoms with van der Waals surface area (Å²) in [6, 6.07) is 6.75. The van der Waals surface area contributed by atoms with E-state index < -0.39 is 11.8 Å². The second kappa shape index (κ2) is 4.62. The van der Waals surface area contributed by atoms with Gasteiger partial charge in [-0.15, -0.1) is 0 Å². The zero-order valence-corrected chi connectivity index (χ0v) is 8.04. The number of hydrogen-bond donors (Lipinski definition) is 2. The van der Waals surface area contributed by atoms with Crippen molar-refractivity contribution < 1.29 is 9.59 Å². The van der Waals surface area contributed by atoms with Crippen LogP contribution < -0.4 is 11.1 Å². The predicted molar refractivity (Wildman–Crippen MR) is 53.9 cm³/mol. The number of nitrogens with two attached hydrogens (primary N) is 1. The molecular formula is C9H9ClN2O2. The molecule has 0 fully saturated rings. The molecule has 14 heavy (non-hydrogen) atoms. The number of carbonyl (C=O) groups excluding carboxylic acids is 2. The summed E-state index contributed by atoms with van der Waals surface area (Å²) >= 11 is 5.77. The molecule has 0 saturated carbocycles. The van der Waals surface area contributed by atoms with Crippen LogP contribution in [0.5, 0.6) is 0 Å². The van der Waals surface area contributed by atoms with Crippen LogP contribution in [0.4, 0.5) is 5.69 Å². The molecule has 0 aliphatic rings. The van der Waals surface area contributed by atoms with E-state index in [0.29, 0.717) is 10.7 Å². The van der Waals surface area contributed by atoms with Gasteiger partial charge in [0, 0.05) is 0 Å². The van der Waals surface area contributed by atoms with Crippen molar-refractivity contribution in [1.82, 2.24) is 0 Å². The van der Waals surface area contributed by atoms with Crippen LogP contribution in [0.1, 0.15) is 6.42 Å². The summed E-state index contributed by atoms with van der Waals surface area (Å²) < 4.78 is 0. The van der Waals surface area contributed by atoms with Crippen LogP contribution >= 0.6 is 11.6 Å². The van der Waals surface area contributed by atoms with Crippen molar-refractivity contribution in [2.45, 2.75) is 6.42 Å². The number of primary amides is 1. The fourth-order valence-electron chi connectivity index (χ4n) is 0.915. The Morgan fingerprint density at radius 2 is 2.00 bits per heavy atom. The number of carbonyl (C=O) groups is 2. The predicted octanol–water partition coefficient (Wildman–Crippen LogP) is 1.15. The molecule has 4 nitrogen and oxygen atoms in total. The van der Waals surface area contributed by atoms with Gasteiger partial charge in [0.05, 0.1) is 10.7 Å². The zero-order chi connectivity index (χ0) is 10.6. The van der Waals surface area contributed by atoms with Crippen molar-refractivity contribution in [2.24, 2.45) is 5.73 Å². The van der Waals surface area contributed by atoms with Crippen LogP contribution in [0, 0.1) is 0 Å². The zero-order valence-electron chi connectivity index (χ0n) is 7.29. The molecule has 0 aliphatic carbocycles. The van der Waals surface area contributed by atoms with Crippen molar-refractivity contribution in [3.63, 3.8) is 0 Å². The monoisotopic (exact) mass is 212 g/mol. The van der Waals surface area contributed by atoms with E-state index in [0.717, 1.165) is 0 Å². The van der Waals surface area contributed by atoms with Crippen molar-refractivity contribution in [3.05, 3.63) is 29.3 Å². The standard InChI is InChI=1S/C9H9ClN2O2/c10-6-3-1-2-4-7(6)12-9(14)5-8(11)13/h1-4H,5H2,(H2,11,13)(H,12,14). The number of hydrogen-bond acceptors (Lipinski definition) is 2. The van der Waals surface area contributed by atoms with E-state index in [1.165, 1.54) is 0 Å². The van der Waals surface area contributed by atoms with Crippen LogP contribution in [-0.2, 0) is 9.59 Å². The molecule has 0 heterocycles. The minimum atomic E-state index is -0.672. The number of halogens is 1. The lowest BCUT2D eigenvalue weighted by Gasteiger charge is -2.04. The number of para-hydroxylation sites is 1. The van der Waals surface area contributed by atoms with E-state index in [9.17, 15) is 9.59 Å². The van der Waals surface area contributed by atoms with Gasteiger partial charge in [-0.25, -0.2) is 0 Å². The fraction of sp³-hybridized carbons (Fsp3) is 0.111. The number of amides is 2. The second-order valence-corrected chi connectivity index (χ2v) is 3.08. The van der Waals surface area contributed by atoms with Gasteiger partial charge in [-0.05, 0) is 12.1 Å². The number of nitrogens with one attached hydrogen (secondary N) is 1. The third-order valence-corrected chi connectivity index (χ3v) is 1.81. The molecule has 74 valence electrons. The highest BCUT2D eigenvalue weighted by Gasteiger charge is 2.07. The van der Waals surface area contributed by atoms with Crippen molar-refractivity contribution >= 4 is 29.1 Å². The summed E-state index contributed by atoms with van der Waals surface area (Å²) in [6.45, 7) is 0. The fourth-order valence-corrected chi connectivity index (χ4v) is 1.10. The van der Waals surface area contributed by atoms with Crippen LogP contribution in [0.2, 0.25) is 5.02 Å². The summed E-state index contributed by atoms with van der Waals surface area (Å²) in [5.74, 6) is -1.14. The highest BCUT2D eigenvalue weighted by atomic mass is 35.5. The summed E-state index contributed by atoms with van der Waals surface area (Å²) in [5.41, 5.74) is 5.32. The van der Waals surface area contributed by atoms with Gasteiger partial charge in [0.1, 0.15) is 6.42 Å². The molecule has 0 aromatic heterocycles. The number of anilines is 1. The summed E-state index contributed by atoms with van der Waals surface area (Å²) in [6.07, 6.45) is -0.342. The van der Waals surface area contributed by atoms with Crippen LogP contribution in [0.15, 0.2) is 24.3 Å². The van der Waals surface area contributed by atoms with Gasteiger partial charge in [0.25, 0.3) is 0 Å². The Hall–Kier alpha value is -1.55. The highest BCUT2D eigenvalue weighted by molar-refractivity contribution is 6.33. The molecule has 1 aromatic rings. The molecule has 5 heteroatoms. The normalized spacial score (nSPS) is 9.50. The lowest BCUT2D eigenvalue weighted by molar-refractivity contribution is -0.124. The first-order valence-corrected chi connectivity index (χ1v) is 4.30. The molecule has 0 spiro atoms. The SMILES string of the molecule is NC(=O)CC(=O)Nc1ccccc1Cl. The maximum Gasteiger partial charge on any atom is 0.233 e. The van der Waals surface area contributed by atoms with Crippen LogP contribution in [-0.4, -0.2) is 11.8 Å². The topological polar surface area (TPSA) is 72.2 Å². The van der Waals surface area contributed by atoms with Crippen molar-refractivity contribution in [3.8, 4) is 0 Å². The van der Waals surface area contributed by atoms with E-state index >= 15 is 0 Å². The van der Waals surface area contributed by atoms with Crippen molar-refractivity contribution in [2.75, 3.05) is 5.32 Å². The summed E-state index contributed by atoms with van der Waals surface area (Å²) in [4.78, 5) is 21.5. The van der Waals surface area contributed by atoms with Gasteiger partial charge in [0.15, 0.2) is 0 Å². The molecular weight excluding hydrogens is 204 g/mol. The lowest BCUT2D eigenvalue weighted by Crippen LogP contribution is -2.21. The van der Waals surface area contributed by atoms with Gasteiger partial charge < -0.3 is 11.1 Å². The Morgan fingerprint density at radius 3 is 2.57 bits per heavy atom. The van der Waals surface area contributed by atoms with Crippen LogP contribution in [0.3, 0.4) is 0 Å². The van der Waals surface area contributed by atoms with Crippen LogP contribution in [0.25, 0.3) is 0 Å². The molecule has 0 aliphatic heterocycles. The first-order valence-electron chi connectivity index (χ1n) is 3.92.